The Bertz CT molecular complexity index is 424. The average molecular weight is 267 g/mol. The zero-order valence-electron chi connectivity index (χ0n) is 11.8. The molecule has 100 valence electrons. The Kier molecular flexibility index (Phi) is 5.74. The van der Waals surface area contributed by atoms with Gasteiger partial charge in [0.25, 0.3) is 0 Å². The summed E-state index contributed by atoms with van der Waals surface area (Å²) in [6.45, 7) is 13.0. The minimum atomic E-state index is 0.423. The van der Waals surface area contributed by atoms with Crippen LogP contribution in [0, 0.1) is 19.8 Å². The van der Waals surface area contributed by atoms with Gasteiger partial charge in [0, 0.05) is 5.02 Å². The molecule has 0 aliphatic carbocycles. The highest BCUT2D eigenvalue weighted by Crippen LogP contribution is 2.33. The highest BCUT2D eigenvalue weighted by atomic mass is 35.5. The smallest absolute Gasteiger partial charge is 0.123 e. The fourth-order valence-corrected chi connectivity index (χ4v) is 2.13. The molecule has 2 heteroatoms. The van der Waals surface area contributed by atoms with Crippen molar-refractivity contribution in [3.8, 4) is 5.75 Å². The lowest BCUT2D eigenvalue weighted by Crippen LogP contribution is -2.05. The summed E-state index contributed by atoms with van der Waals surface area (Å²) >= 11 is 6.33. The highest BCUT2D eigenvalue weighted by Gasteiger charge is 2.14. The van der Waals surface area contributed by atoms with Gasteiger partial charge in [0.1, 0.15) is 5.75 Å². The topological polar surface area (TPSA) is 9.23 Å². The molecule has 18 heavy (non-hydrogen) atoms. The quantitative estimate of drug-likeness (QED) is 0.650. The second-order valence-electron chi connectivity index (χ2n) is 4.87. The van der Waals surface area contributed by atoms with Crippen molar-refractivity contribution in [3.05, 3.63) is 40.4 Å². The van der Waals surface area contributed by atoms with Gasteiger partial charge >= 0.3 is 0 Å². The number of rotatable bonds is 6. The van der Waals surface area contributed by atoms with E-state index in [1.807, 2.05) is 13.0 Å². The summed E-state index contributed by atoms with van der Waals surface area (Å²) < 4.78 is 5.86. The van der Waals surface area contributed by atoms with E-state index in [4.69, 9.17) is 16.3 Å². The highest BCUT2D eigenvalue weighted by molar-refractivity contribution is 6.32. The molecular weight excluding hydrogens is 244 g/mol. The largest absolute Gasteiger partial charge is 0.493 e. The molecule has 0 fully saturated rings. The summed E-state index contributed by atoms with van der Waals surface area (Å²) in [6, 6.07) is 2.05. The molecule has 0 saturated carbocycles. The maximum atomic E-state index is 6.33. The van der Waals surface area contributed by atoms with E-state index in [1.165, 1.54) is 5.56 Å². The van der Waals surface area contributed by atoms with Crippen molar-refractivity contribution in [3.63, 3.8) is 0 Å². The first-order chi connectivity index (χ1) is 8.51. The monoisotopic (exact) mass is 266 g/mol. The molecule has 0 spiro atoms. The lowest BCUT2D eigenvalue weighted by atomic mass is 9.95. The predicted molar refractivity (Wildman–Crippen MR) is 79.8 cm³/mol. The van der Waals surface area contributed by atoms with E-state index in [1.54, 1.807) is 0 Å². The Labute approximate surface area is 116 Å². The number of hydrogen-bond donors (Lipinski definition) is 0. The van der Waals surface area contributed by atoms with Gasteiger partial charge in [0.2, 0.25) is 0 Å². The van der Waals surface area contributed by atoms with Gasteiger partial charge in [-0.15, -0.1) is 6.58 Å². The van der Waals surface area contributed by atoms with Crippen LogP contribution in [0.25, 0.3) is 0 Å². The molecule has 0 aliphatic heterocycles. The van der Waals surface area contributed by atoms with Gasteiger partial charge in [-0.3, -0.25) is 0 Å². The Hall–Kier alpha value is -0.950. The SMILES string of the molecule is C=CC(C)Cc1c(OCCC)cc(C)c(Cl)c1C. The molecule has 1 aromatic rings. The second kappa shape index (κ2) is 6.84. The number of hydrogen-bond acceptors (Lipinski definition) is 1. The third-order valence-corrected chi connectivity index (χ3v) is 3.74. The molecule has 0 aliphatic rings. The Morgan fingerprint density at radius 2 is 2.11 bits per heavy atom. The number of allylic oxidation sites excluding steroid dienone is 1. The van der Waals surface area contributed by atoms with Crippen molar-refractivity contribution in [2.45, 2.75) is 40.5 Å². The van der Waals surface area contributed by atoms with Crippen LogP contribution in [0.1, 0.15) is 37.0 Å². The molecule has 0 aromatic heterocycles. The molecule has 1 nitrogen and oxygen atoms in total. The van der Waals surface area contributed by atoms with Crippen molar-refractivity contribution in [1.29, 1.82) is 0 Å². The van der Waals surface area contributed by atoms with E-state index in [-0.39, 0.29) is 0 Å². The normalized spacial score (nSPS) is 12.3. The van der Waals surface area contributed by atoms with Gasteiger partial charge in [-0.2, -0.15) is 0 Å². The molecule has 1 unspecified atom stereocenters. The molecule has 0 N–H and O–H groups in total. The Balaban J connectivity index is 3.16. The second-order valence-corrected chi connectivity index (χ2v) is 5.25. The van der Waals surface area contributed by atoms with Gasteiger partial charge in [-0.25, -0.2) is 0 Å². The molecule has 1 rings (SSSR count). The van der Waals surface area contributed by atoms with E-state index in [0.29, 0.717) is 5.92 Å². The summed E-state index contributed by atoms with van der Waals surface area (Å²) in [5.41, 5.74) is 3.43. The third kappa shape index (κ3) is 3.52. The van der Waals surface area contributed by atoms with E-state index < -0.39 is 0 Å². The summed E-state index contributed by atoms with van der Waals surface area (Å²) in [5, 5.41) is 0.852. The summed E-state index contributed by atoms with van der Waals surface area (Å²) in [6.07, 6.45) is 3.91. The Morgan fingerprint density at radius 1 is 1.44 bits per heavy atom. The van der Waals surface area contributed by atoms with Crippen LogP contribution in [0.3, 0.4) is 0 Å². The fourth-order valence-electron chi connectivity index (χ4n) is 1.96. The standard InChI is InChI=1S/C16H23ClO/c1-6-8-18-15-10-12(4)16(17)13(5)14(15)9-11(3)7-2/h7,10-11H,2,6,8-9H2,1,3-5H3. The van der Waals surface area contributed by atoms with Gasteiger partial charge < -0.3 is 4.74 Å². The van der Waals surface area contributed by atoms with Crippen LogP contribution >= 0.6 is 11.6 Å². The lowest BCUT2D eigenvalue weighted by Gasteiger charge is -2.18. The van der Waals surface area contributed by atoms with Gasteiger partial charge in [-0.05, 0) is 55.4 Å². The first kappa shape index (κ1) is 15.1. The lowest BCUT2D eigenvalue weighted by molar-refractivity contribution is 0.313. The molecular formula is C16H23ClO. The van der Waals surface area contributed by atoms with Crippen LogP contribution in [0.2, 0.25) is 5.02 Å². The molecule has 1 aromatic carbocycles. The first-order valence-electron chi connectivity index (χ1n) is 6.55. The summed E-state index contributed by atoms with van der Waals surface area (Å²) in [4.78, 5) is 0. The predicted octanol–water partition coefficient (Wildman–Crippen LogP) is 5.11. The molecule has 0 amide bonds. The maximum Gasteiger partial charge on any atom is 0.123 e. The van der Waals surface area contributed by atoms with Crippen molar-refractivity contribution >= 4 is 11.6 Å². The Morgan fingerprint density at radius 3 is 2.67 bits per heavy atom. The van der Waals surface area contributed by atoms with Gasteiger partial charge in [0.05, 0.1) is 6.61 Å². The summed E-state index contributed by atoms with van der Waals surface area (Å²) in [5.74, 6) is 1.40. The molecule has 0 saturated heterocycles. The average Bonchev–Trinajstić information content (AvgIpc) is 2.37. The zero-order valence-corrected chi connectivity index (χ0v) is 12.6. The van der Waals surface area contributed by atoms with Crippen LogP contribution in [-0.2, 0) is 6.42 Å². The minimum absolute atomic E-state index is 0.423. The van der Waals surface area contributed by atoms with Crippen molar-refractivity contribution in [1.82, 2.24) is 0 Å². The van der Waals surface area contributed by atoms with Crippen LogP contribution in [-0.4, -0.2) is 6.61 Å². The number of benzene rings is 1. The molecule has 0 radical (unpaired) electrons. The number of halogens is 1. The molecule has 0 heterocycles. The van der Waals surface area contributed by atoms with Crippen LogP contribution in [0.5, 0.6) is 5.75 Å². The number of ether oxygens (including phenoxy) is 1. The maximum absolute atomic E-state index is 6.33. The fraction of sp³-hybridized carbons (Fsp3) is 0.500. The van der Waals surface area contributed by atoms with Crippen molar-refractivity contribution in [2.75, 3.05) is 6.61 Å². The first-order valence-corrected chi connectivity index (χ1v) is 6.92. The number of aryl methyl sites for hydroxylation is 1. The van der Waals surface area contributed by atoms with E-state index >= 15 is 0 Å². The van der Waals surface area contributed by atoms with Gasteiger partial charge in [0.15, 0.2) is 0 Å². The molecule has 1 atom stereocenters. The van der Waals surface area contributed by atoms with Crippen LogP contribution in [0.4, 0.5) is 0 Å². The van der Waals surface area contributed by atoms with Crippen molar-refractivity contribution in [2.24, 2.45) is 5.92 Å². The van der Waals surface area contributed by atoms with Crippen molar-refractivity contribution < 1.29 is 4.74 Å². The minimum Gasteiger partial charge on any atom is -0.493 e. The van der Waals surface area contributed by atoms with E-state index in [9.17, 15) is 0 Å². The zero-order chi connectivity index (χ0) is 13.7. The van der Waals surface area contributed by atoms with Gasteiger partial charge in [-0.1, -0.05) is 31.5 Å². The molecule has 0 bridgehead atoms. The van der Waals surface area contributed by atoms with E-state index in [0.717, 1.165) is 41.3 Å². The van der Waals surface area contributed by atoms with E-state index in [2.05, 4.69) is 33.4 Å². The summed E-state index contributed by atoms with van der Waals surface area (Å²) in [7, 11) is 0. The van der Waals surface area contributed by atoms with Crippen LogP contribution < -0.4 is 4.74 Å². The van der Waals surface area contributed by atoms with Crippen LogP contribution in [0.15, 0.2) is 18.7 Å². The third-order valence-electron chi connectivity index (χ3n) is 3.16.